The number of carbonyl (C=O) groups is 2. The Balaban J connectivity index is 2.56. The van der Waals surface area contributed by atoms with Crippen LogP contribution >= 0.6 is 0 Å². The molecule has 3 atom stereocenters. The number of aliphatic carboxylic acids is 1. The first kappa shape index (κ1) is 14.8. The van der Waals surface area contributed by atoms with E-state index < -0.39 is 17.7 Å². The minimum atomic E-state index is -0.779. The minimum absolute atomic E-state index is 0.0660. The Kier molecular flexibility index (Phi) is 4.59. The third kappa shape index (κ3) is 4.20. The van der Waals surface area contributed by atoms with Crippen LogP contribution in [0.2, 0.25) is 0 Å². The molecule has 0 radical (unpaired) electrons. The molecule has 0 aromatic rings. The molecule has 0 saturated heterocycles. The maximum absolute atomic E-state index is 11.7. The lowest BCUT2D eigenvalue weighted by Crippen LogP contribution is -2.47. The van der Waals surface area contributed by atoms with Crippen molar-refractivity contribution in [1.82, 2.24) is 5.32 Å². The smallest absolute Gasteiger partial charge is 0.407 e. The van der Waals surface area contributed by atoms with Crippen molar-refractivity contribution in [1.29, 1.82) is 0 Å². The molecule has 0 aliphatic heterocycles. The van der Waals surface area contributed by atoms with Gasteiger partial charge in [0.05, 0.1) is 5.92 Å². The lowest BCUT2D eigenvalue weighted by Gasteiger charge is -2.34. The van der Waals surface area contributed by atoms with Gasteiger partial charge in [-0.25, -0.2) is 4.79 Å². The molecule has 1 aliphatic rings. The number of carbonyl (C=O) groups excluding carboxylic acids is 1. The van der Waals surface area contributed by atoms with Gasteiger partial charge in [-0.3, -0.25) is 4.79 Å². The van der Waals surface area contributed by atoms with Crippen molar-refractivity contribution in [3.05, 3.63) is 0 Å². The Labute approximate surface area is 108 Å². The van der Waals surface area contributed by atoms with Gasteiger partial charge in [0.2, 0.25) is 0 Å². The van der Waals surface area contributed by atoms with Gasteiger partial charge < -0.3 is 15.2 Å². The van der Waals surface area contributed by atoms with E-state index in [1.807, 2.05) is 6.92 Å². The summed E-state index contributed by atoms with van der Waals surface area (Å²) in [5.74, 6) is -1.22. The average Bonchev–Trinajstić information content (AvgIpc) is 2.17. The summed E-state index contributed by atoms with van der Waals surface area (Å²) in [5.41, 5.74) is -0.534. The molecule has 0 bridgehead atoms. The minimum Gasteiger partial charge on any atom is -0.481 e. The van der Waals surface area contributed by atoms with Gasteiger partial charge in [-0.15, -0.1) is 0 Å². The van der Waals surface area contributed by atoms with Crippen LogP contribution in [0.4, 0.5) is 4.79 Å². The van der Waals surface area contributed by atoms with Gasteiger partial charge in [0.15, 0.2) is 0 Å². The summed E-state index contributed by atoms with van der Waals surface area (Å²) >= 11 is 0. The predicted molar refractivity (Wildman–Crippen MR) is 67.3 cm³/mol. The number of rotatable bonds is 2. The molecular weight excluding hydrogens is 234 g/mol. The molecule has 0 aromatic carbocycles. The van der Waals surface area contributed by atoms with Crippen LogP contribution < -0.4 is 5.32 Å². The topological polar surface area (TPSA) is 75.6 Å². The molecule has 5 heteroatoms. The largest absolute Gasteiger partial charge is 0.481 e. The van der Waals surface area contributed by atoms with E-state index in [0.717, 1.165) is 12.8 Å². The summed E-state index contributed by atoms with van der Waals surface area (Å²) in [6, 6.07) is -0.116. The Hall–Kier alpha value is -1.26. The van der Waals surface area contributed by atoms with Crippen LogP contribution in [-0.4, -0.2) is 28.8 Å². The number of alkyl carbamates (subject to hydrolysis) is 1. The van der Waals surface area contributed by atoms with E-state index >= 15 is 0 Å². The van der Waals surface area contributed by atoms with Gasteiger partial charge in [-0.1, -0.05) is 13.3 Å². The maximum Gasteiger partial charge on any atom is 0.407 e. The van der Waals surface area contributed by atoms with E-state index in [2.05, 4.69) is 5.32 Å². The van der Waals surface area contributed by atoms with Crippen LogP contribution in [-0.2, 0) is 9.53 Å². The van der Waals surface area contributed by atoms with Gasteiger partial charge in [0.1, 0.15) is 5.60 Å². The summed E-state index contributed by atoms with van der Waals surface area (Å²) in [6.45, 7) is 7.28. The van der Waals surface area contributed by atoms with E-state index in [4.69, 9.17) is 9.84 Å². The molecule has 0 spiro atoms. The number of ether oxygens (including phenoxy) is 1. The first-order valence-corrected chi connectivity index (χ1v) is 6.43. The summed E-state index contributed by atoms with van der Waals surface area (Å²) in [6.07, 6.45) is 1.85. The number of amides is 1. The molecule has 1 amide bonds. The fraction of sp³-hybridized carbons (Fsp3) is 0.846. The second-order valence-electron chi connectivity index (χ2n) is 5.99. The third-order valence-corrected chi connectivity index (χ3v) is 3.32. The van der Waals surface area contributed by atoms with Crippen LogP contribution in [0, 0.1) is 11.8 Å². The van der Waals surface area contributed by atoms with Crippen molar-refractivity contribution < 1.29 is 19.4 Å². The summed E-state index contributed by atoms with van der Waals surface area (Å²) < 4.78 is 5.19. The molecule has 2 N–H and O–H groups in total. The van der Waals surface area contributed by atoms with Crippen molar-refractivity contribution >= 4 is 12.1 Å². The fourth-order valence-electron chi connectivity index (χ4n) is 2.37. The SMILES string of the molecule is C[C@H]1[C@@H](NC(=O)OC(C)(C)C)CCC[C@@H]1C(=O)O. The number of carboxylic acid groups (broad SMARTS) is 1. The van der Waals surface area contributed by atoms with Crippen LogP contribution in [0.5, 0.6) is 0 Å². The Morgan fingerprint density at radius 3 is 2.39 bits per heavy atom. The van der Waals surface area contributed by atoms with E-state index in [-0.39, 0.29) is 17.9 Å². The normalized spacial score (nSPS) is 28.6. The standard InChI is InChI=1S/C13H23NO4/c1-8-9(11(15)16)6-5-7-10(8)14-12(17)18-13(2,3)4/h8-10H,5-7H2,1-4H3,(H,14,17)(H,15,16)/t8-,9+,10+/m1/s1. The number of carboxylic acids is 1. The summed E-state index contributed by atoms with van der Waals surface area (Å²) in [7, 11) is 0. The monoisotopic (exact) mass is 257 g/mol. The second kappa shape index (κ2) is 5.59. The highest BCUT2D eigenvalue weighted by atomic mass is 16.6. The van der Waals surface area contributed by atoms with E-state index in [0.29, 0.717) is 6.42 Å². The first-order chi connectivity index (χ1) is 8.20. The van der Waals surface area contributed by atoms with Gasteiger partial charge in [-0.2, -0.15) is 0 Å². The number of nitrogens with one attached hydrogen (secondary N) is 1. The van der Waals surface area contributed by atoms with Crippen LogP contribution in [0.3, 0.4) is 0 Å². The predicted octanol–water partition coefficient (Wildman–Crippen LogP) is 2.40. The van der Waals surface area contributed by atoms with Gasteiger partial charge in [-0.05, 0) is 39.5 Å². The molecule has 0 aromatic heterocycles. The Morgan fingerprint density at radius 1 is 1.28 bits per heavy atom. The van der Waals surface area contributed by atoms with Crippen LogP contribution in [0.25, 0.3) is 0 Å². The maximum atomic E-state index is 11.7. The molecule has 1 rings (SSSR count). The van der Waals surface area contributed by atoms with E-state index in [1.54, 1.807) is 20.8 Å². The average molecular weight is 257 g/mol. The van der Waals surface area contributed by atoms with Gasteiger partial charge in [0.25, 0.3) is 0 Å². The molecule has 18 heavy (non-hydrogen) atoms. The number of hydrogen-bond donors (Lipinski definition) is 2. The summed E-state index contributed by atoms with van der Waals surface area (Å²) in [4.78, 5) is 22.7. The molecule has 104 valence electrons. The van der Waals surface area contributed by atoms with Crippen molar-refractivity contribution in [2.45, 2.75) is 58.6 Å². The van der Waals surface area contributed by atoms with Crippen LogP contribution in [0.15, 0.2) is 0 Å². The highest BCUT2D eigenvalue weighted by Crippen LogP contribution is 2.30. The van der Waals surface area contributed by atoms with Crippen molar-refractivity contribution in [3.8, 4) is 0 Å². The third-order valence-electron chi connectivity index (χ3n) is 3.32. The lowest BCUT2D eigenvalue weighted by atomic mass is 9.77. The second-order valence-corrected chi connectivity index (χ2v) is 5.99. The fourth-order valence-corrected chi connectivity index (χ4v) is 2.37. The zero-order valence-electron chi connectivity index (χ0n) is 11.5. The molecule has 0 unspecified atom stereocenters. The lowest BCUT2D eigenvalue weighted by molar-refractivity contribution is -0.145. The molecule has 0 heterocycles. The van der Waals surface area contributed by atoms with E-state index in [9.17, 15) is 9.59 Å². The zero-order chi connectivity index (χ0) is 13.9. The number of hydrogen-bond acceptors (Lipinski definition) is 3. The molecule has 1 aliphatic carbocycles. The summed E-state index contributed by atoms with van der Waals surface area (Å²) in [5, 5.41) is 11.9. The van der Waals surface area contributed by atoms with Gasteiger partial charge >= 0.3 is 12.1 Å². The van der Waals surface area contributed by atoms with Crippen molar-refractivity contribution in [3.63, 3.8) is 0 Å². The van der Waals surface area contributed by atoms with Gasteiger partial charge in [0, 0.05) is 6.04 Å². The zero-order valence-corrected chi connectivity index (χ0v) is 11.5. The Bertz CT molecular complexity index is 321. The molecule has 1 saturated carbocycles. The Morgan fingerprint density at radius 2 is 1.89 bits per heavy atom. The highest BCUT2D eigenvalue weighted by molar-refractivity contribution is 5.71. The van der Waals surface area contributed by atoms with Crippen LogP contribution in [0.1, 0.15) is 47.0 Å². The molecular formula is C13H23NO4. The molecule has 5 nitrogen and oxygen atoms in total. The first-order valence-electron chi connectivity index (χ1n) is 6.43. The van der Waals surface area contributed by atoms with Crippen molar-refractivity contribution in [2.75, 3.05) is 0 Å². The van der Waals surface area contributed by atoms with E-state index in [1.165, 1.54) is 0 Å². The highest BCUT2D eigenvalue weighted by Gasteiger charge is 2.35. The van der Waals surface area contributed by atoms with Crippen molar-refractivity contribution in [2.24, 2.45) is 11.8 Å². The quantitative estimate of drug-likeness (QED) is 0.796. The molecule has 1 fully saturated rings.